The zero-order valence-electron chi connectivity index (χ0n) is 62.0. The summed E-state index contributed by atoms with van der Waals surface area (Å²) >= 11 is 0. The van der Waals surface area contributed by atoms with E-state index in [0.717, 1.165) is 102 Å². The van der Waals surface area contributed by atoms with Gasteiger partial charge in [-0.3, -0.25) is 37.3 Å². The van der Waals surface area contributed by atoms with Crippen LogP contribution in [-0.2, 0) is 65.4 Å². The highest BCUT2D eigenvalue weighted by molar-refractivity contribution is 7.47. The molecule has 0 rings (SSSR count). The van der Waals surface area contributed by atoms with E-state index in [1.807, 2.05) is 0 Å². The van der Waals surface area contributed by atoms with Crippen molar-refractivity contribution in [2.45, 2.75) is 413 Å². The molecule has 0 aromatic carbocycles. The standard InChI is InChI=1S/C76H148O17P2/c1-7-10-12-14-16-18-20-21-22-23-24-25-27-36-42-48-54-60-75(80)92-71(65-87-74(79)59-53-47-41-35-31-29-33-39-45-51-57-69(6)9-3)66-90-94(82,83)88-62-70(77)63-89-95(84,85)91-67-72(64-86-73(78)58-52-46-40-34-26-19-17-15-13-11-8-2)93-76(81)61-55-49-43-37-30-28-32-38-44-50-56-68(4)5/h68-72,77H,7-67H2,1-6H3,(H,82,83)(H,84,85)/t69?,70-,71-,72-/m1/s1. The largest absolute Gasteiger partial charge is 0.472 e. The number of hydrogen-bond acceptors (Lipinski definition) is 15. The molecule has 3 N–H and O–H groups in total. The molecule has 0 saturated heterocycles. The molecule has 95 heavy (non-hydrogen) atoms. The molecule has 6 atom stereocenters. The summed E-state index contributed by atoms with van der Waals surface area (Å²) in [5, 5.41) is 10.6. The van der Waals surface area contributed by atoms with Crippen LogP contribution in [0.3, 0.4) is 0 Å². The first-order valence-electron chi connectivity index (χ1n) is 39.5. The summed E-state index contributed by atoms with van der Waals surface area (Å²) in [5.41, 5.74) is 0. The summed E-state index contributed by atoms with van der Waals surface area (Å²) in [6.45, 7) is 9.62. The fraction of sp³-hybridized carbons (Fsp3) is 0.947. The van der Waals surface area contributed by atoms with Crippen molar-refractivity contribution in [2.75, 3.05) is 39.6 Å². The van der Waals surface area contributed by atoms with Crippen LogP contribution in [0.5, 0.6) is 0 Å². The van der Waals surface area contributed by atoms with Gasteiger partial charge in [-0.25, -0.2) is 9.13 Å². The third kappa shape index (κ3) is 69.0. The summed E-state index contributed by atoms with van der Waals surface area (Å²) in [6, 6.07) is 0. The van der Waals surface area contributed by atoms with E-state index < -0.39 is 97.5 Å². The molecule has 0 spiro atoms. The summed E-state index contributed by atoms with van der Waals surface area (Å²) in [4.78, 5) is 72.8. The van der Waals surface area contributed by atoms with Gasteiger partial charge in [0.25, 0.3) is 0 Å². The maximum absolute atomic E-state index is 13.1. The maximum Gasteiger partial charge on any atom is 0.472 e. The van der Waals surface area contributed by atoms with Crippen LogP contribution in [0, 0.1) is 11.8 Å². The lowest BCUT2D eigenvalue weighted by molar-refractivity contribution is -0.161. The average molecular weight is 1400 g/mol. The topological polar surface area (TPSA) is 237 Å². The van der Waals surface area contributed by atoms with Crippen molar-refractivity contribution < 1.29 is 80.2 Å². The van der Waals surface area contributed by atoms with Crippen molar-refractivity contribution in [1.82, 2.24) is 0 Å². The van der Waals surface area contributed by atoms with Crippen LogP contribution >= 0.6 is 15.6 Å². The van der Waals surface area contributed by atoms with Gasteiger partial charge in [-0.15, -0.1) is 0 Å². The van der Waals surface area contributed by atoms with Gasteiger partial charge in [-0.1, -0.05) is 343 Å². The molecule has 0 amide bonds. The molecule has 0 aliphatic rings. The third-order valence-electron chi connectivity index (χ3n) is 18.1. The van der Waals surface area contributed by atoms with E-state index in [1.54, 1.807) is 0 Å². The quantitative estimate of drug-likeness (QED) is 0.0222. The number of phosphoric ester groups is 2. The number of aliphatic hydroxyl groups excluding tert-OH is 1. The fourth-order valence-electron chi connectivity index (χ4n) is 11.6. The van der Waals surface area contributed by atoms with Gasteiger partial charge in [-0.2, -0.15) is 0 Å². The maximum atomic E-state index is 13.1. The number of phosphoric acid groups is 2. The summed E-state index contributed by atoms with van der Waals surface area (Å²) < 4.78 is 68.6. The molecule has 564 valence electrons. The monoisotopic (exact) mass is 1400 g/mol. The zero-order valence-corrected chi connectivity index (χ0v) is 63.8. The van der Waals surface area contributed by atoms with Crippen LogP contribution in [0.4, 0.5) is 0 Å². The van der Waals surface area contributed by atoms with E-state index in [2.05, 4.69) is 41.5 Å². The molecule has 0 saturated carbocycles. The molecule has 0 bridgehead atoms. The van der Waals surface area contributed by atoms with Crippen LogP contribution in [0.25, 0.3) is 0 Å². The van der Waals surface area contributed by atoms with Gasteiger partial charge in [0, 0.05) is 25.7 Å². The number of esters is 4. The summed E-state index contributed by atoms with van der Waals surface area (Å²) in [7, 11) is -9.91. The van der Waals surface area contributed by atoms with Crippen molar-refractivity contribution >= 4 is 39.5 Å². The predicted octanol–water partition coefficient (Wildman–Crippen LogP) is 22.3. The number of ether oxygens (including phenoxy) is 4. The van der Waals surface area contributed by atoms with Gasteiger partial charge in [0.05, 0.1) is 26.4 Å². The van der Waals surface area contributed by atoms with Gasteiger partial charge in [0.15, 0.2) is 12.2 Å². The Labute approximate surface area is 581 Å². The van der Waals surface area contributed by atoms with E-state index in [-0.39, 0.29) is 25.7 Å². The highest BCUT2D eigenvalue weighted by Crippen LogP contribution is 2.45. The highest BCUT2D eigenvalue weighted by Gasteiger charge is 2.30. The van der Waals surface area contributed by atoms with Crippen LogP contribution < -0.4 is 0 Å². The number of carbonyl (C=O) groups excluding carboxylic acids is 4. The lowest BCUT2D eigenvalue weighted by atomic mass is 9.99. The lowest BCUT2D eigenvalue weighted by Gasteiger charge is -2.21. The van der Waals surface area contributed by atoms with Crippen molar-refractivity contribution in [2.24, 2.45) is 11.8 Å². The third-order valence-corrected chi connectivity index (χ3v) is 20.0. The van der Waals surface area contributed by atoms with Gasteiger partial charge >= 0.3 is 39.5 Å². The molecule has 0 radical (unpaired) electrons. The van der Waals surface area contributed by atoms with E-state index in [1.165, 1.54) is 212 Å². The smallest absolute Gasteiger partial charge is 0.462 e. The minimum atomic E-state index is -4.96. The normalized spacial score (nSPS) is 14.3. The molecular weight excluding hydrogens is 1250 g/mol. The first-order valence-corrected chi connectivity index (χ1v) is 42.5. The van der Waals surface area contributed by atoms with Crippen molar-refractivity contribution in [3.8, 4) is 0 Å². The Morgan fingerprint density at radius 2 is 0.537 bits per heavy atom. The molecule has 0 aliphatic heterocycles. The number of carbonyl (C=O) groups is 4. The molecule has 19 heteroatoms. The Hall–Kier alpha value is -1.94. The van der Waals surface area contributed by atoms with Crippen molar-refractivity contribution in [3.05, 3.63) is 0 Å². The summed E-state index contributed by atoms with van der Waals surface area (Å²) in [6.07, 6.45) is 55.3. The minimum Gasteiger partial charge on any atom is -0.462 e. The average Bonchev–Trinajstić information content (AvgIpc) is 1.99. The van der Waals surface area contributed by atoms with Crippen LogP contribution in [0.1, 0.15) is 395 Å². The second kappa shape index (κ2) is 67.9. The van der Waals surface area contributed by atoms with E-state index in [0.29, 0.717) is 25.7 Å². The minimum absolute atomic E-state index is 0.106. The van der Waals surface area contributed by atoms with E-state index in [4.69, 9.17) is 37.0 Å². The Morgan fingerprint density at radius 3 is 0.800 bits per heavy atom. The summed E-state index contributed by atoms with van der Waals surface area (Å²) in [5.74, 6) is -0.552. The number of unbranched alkanes of at least 4 members (excludes halogenated alkanes) is 44. The second-order valence-electron chi connectivity index (χ2n) is 28.1. The Balaban J connectivity index is 5.26. The van der Waals surface area contributed by atoms with Crippen LogP contribution in [0.15, 0.2) is 0 Å². The van der Waals surface area contributed by atoms with Gasteiger partial charge in [0.1, 0.15) is 19.3 Å². The lowest BCUT2D eigenvalue weighted by Crippen LogP contribution is -2.30. The van der Waals surface area contributed by atoms with Gasteiger partial charge in [-0.05, 0) is 37.5 Å². The number of aliphatic hydroxyl groups is 1. The molecular formula is C76H148O17P2. The van der Waals surface area contributed by atoms with Gasteiger partial charge < -0.3 is 33.8 Å². The first-order chi connectivity index (χ1) is 45.9. The Morgan fingerprint density at radius 1 is 0.305 bits per heavy atom. The molecule has 17 nitrogen and oxygen atoms in total. The first kappa shape index (κ1) is 93.1. The predicted molar refractivity (Wildman–Crippen MR) is 386 cm³/mol. The van der Waals surface area contributed by atoms with Crippen LogP contribution in [-0.4, -0.2) is 96.7 Å². The number of hydrogen-bond donors (Lipinski definition) is 3. The molecule has 0 aromatic rings. The van der Waals surface area contributed by atoms with Crippen molar-refractivity contribution in [3.63, 3.8) is 0 Å². The fourth-order valence-corrected chi connectivity index (χ4v) is 13.2. The Bertz CT molecular complexity index is 1840. The van der Waals surface area contributed by atoms with Crippen LogP contribution in [0.2, 0.25) is 0 Å². The molecule has 0 heterocycles. The number of rotatable bonds is 75. The molecule has 0 aromatic heterocycles. The Kier molecular flexibility index (Phi) is 66.5. The highest BCUT2D eigenvalue weighted by atomic mass is 31.2. The molecule has 3 unspecified atom stereocenters. The molecule has 0 aliphatic carbocycles. The van der Waals surface area contributed by atoms with Gasteiger partial charge in [0.2, 0.25) is 0 Å². The second-order valence-corrected chi connectivity index (χ2v) is 31.0. The SMILES string of the molecule is CCCCCCCCCCCCCCCCCCCC(=O)O[C@H](COC(=O)CCCCCCCCCCCCC(C)CC)COP(=O)(O)OC[C@@H](O)COP(=O)(O)OC[C@@H](COC(=O)CCCCCCCCCCCCC)OC(=O)CCCCCCCCCCCCC(C)C. The molecule has 0 fully saturated rings. The van der Waals surface area contributed by atoms with Crippen molar-refractivity contribution in [1.29, 1.82) is 0 Å². The van der Waals surface area contributed by atoms with E-state index in [9.17, 15) is 43.2 Å². The zero-order chi connectivity index (χ0) is 70.0. The van der Waals surface area contributed by atoms with E-state index >= 15 is 0 Å².